The van der Waals surface area contributed by atoms with Gasteiger partial charge in [0.15, 0.2) is 0 Å². The first kappa shape index (κ1) is 3.63. The van der Waals surface area contributed by atoms with Gasteiger partial charge in [-0.15, -0.1) is 0 Å². The van der Waals surface area contributed by atoms with E-state index in [1.54, 1.807) is 0 Å². The van der Waals surface area contributed by atoms with E-state index in [2.05, 4.69) is 0 Å². The summed E-state index contributed by atoms with van der Waals surface area (Å²) in [6.07, 6.45) is 0. The highest BCUT2D eigenvalue weighted by Gasteiger charge is 2.12. The Morgan fingerprint density at radius 2 is 2.38 bits per heavy atom. The highest BCUT2D eigenvalue weighted by atomic mass is 16.5. The summed E-state index contributed by atoms with van der Waals surface area (Å²) in [4.78, 5) is 0. The van der Waals surface area contributed by atoms with Crippen LogP contribution in [0.4, 0.5) is 0 Å². The Morgan fingerprint density at radius 1 is 1.54 bits per heavy atom. The van der Waals surface area contributed by atoms with Gasteiger partial charge in [-0.2, -0.15) is 0 Å². The van der Waals surface area contributed by atoms with Crippen LogP contribution in [0, 0.1) is 6.85 Å². The van der Waals surface area contributed by atoms with Crippen molar-refractivity contribution in [2.75, 3.05) is 6.56 Å². The zero-order valence-corrected chi connectivity index (χ0v) is 6.61. The summed E-state index contributed by atoms with van der Waals surface area (Å²) in [5, 5.41) is 18.2. The second-order valence-electron chi connectivity index (χ2n) is 2.37. The largest absolute Gasteiger partial charge is 0.494 e. The highest BCUT2D eigenvalue weighted by Crippen LogP contribution is 2.10. The average Bonchev–Trinajstić information content (AvgIpc) is 2.24. The van der Waals surface area contributed by atoms with Crippen LogP contribution < -0.4 is 10.2 Å². The van der Waals surface area contributed by atoms with Gasteiger partial charge in [0.2, 0.25) is 0 Å². The molecule has 2 N–H and O–H groups in total. The molecule has 0 aliphatic carbocycles. The third-order valence-corrected chi connectivity index (χ3v) is 1.40. The first-order chi connectivity index (χ1) is 9.24. The Bertz CT molecular complexity index is 511. The first-order valence-corrected chi connectivity index (χ1v) is 3.45. The van der Waals surface area contributed by atoms with Gasteiger partial charge >= 0.3 is 7.12 Å². The van der Waals surface area contributed by atoms with Gasteiger partial charge < -0.3 is 14.8 Å². The standard InChI is InChI=1S/C9H13BO3/c1-3-13-9-5-7(2)4-8(6-9)10(11)12/h4-6,11-12H,3H2,1-2H3/i1D3,2D3,3D2. The Kier molecular flexibility index (Phi) is 1.20. The number of hydrogen-bond acceptors (Lipinski definition) is 3. The molecular weight excluding hydrogens is 167 g/mol. The lowest BCUT2D eigenvalue weighted by atomic mass is 9.79. The average molecular weight is 188 g/mol. The van der Waals surface area contributed by atoms with Gasteiger partial charge in [0.05, 0.1) is 9.30 Å². The molecule has 0 spiro atoms. The van der Waals surface area contributed by atoms with E-state index in [-0.39, 0.29) is 11.0 Å². The molecular formula is C9H13BO3. The third-order valence-electron chi connectivity index (χ3n) is 1.40. The molecule has 70 valence electrons. The van der Waals surface area contributed by atoms with Crippen LogP contribution >= 0.6 is 0 Å². The molecule has 0 amide bonds. The third kappa shape index (κ3) is 2.75. The maximum Gasteiger partial charge on any atom is 0.488 e. The summed E-state index contributed by atoms with van der Waals surface area (Å²) in [6, 6.07) is 2.89. The summed E-state index contributed by atoms with van der Waals surface area (Å²) in [7, 11) is -2.01. The van der Waals surface area contributed by atoms with Gasteiger partial charge in [0, 0.05) is 8.22 Å². The van der Waals surface area contributed by atoms with Crippen molar-refractivity contribution in [2.45, 2.75) is 13.7 Å². The monoisotopic (exact) mass is 188 g/mol. The van der Waals surface area contributed by atoms with Gasteiger partial charge in [0.25, 0.3) is 0 Å². The topological polar surface area (TPSA) is 49.7 Å². The summed E-state index contributed by atoms with van der Waals surface area (Å²) in [6.45, 7) is -8.76. The predicted octanol–water partition coefficient (Wildman–Crippen LogP) is 0.0735. The maximum absolute atomic E-state index is 9.11. The fourth-order valence-electron chi connectivity index (χ4n) is 0.889. The number of benzene rings is 1. The van der Waals surface area contributed by atoms with Crippen LogP contribution in [0.5, 0.6) is 5.75 Å². The molecule has 0 saturated carbocycles. The maximum atomic E-state index is 9.11. The van der Waals surface area contributed by atoms with Crippen molar-refractivity contribution in [2.24, 2.45) is 0 Å². The number of rotatable bonds is 3. The quantitative estimate of drug-likeness (QED) is 0.660. The second kappa shape index (κ2) is 4.30. The lowest BCUT2D eigenvalue weighted by molar-refractivity contribution is 0.340. The normalized spacial score (nSPS) is 22.0. The molecule has 0 bridgehead atoms. The zero-order chi connectivity index (χ0) is 16.6. The van der Waals surface area contributed by atoms with Gasteiger partial charge in [-0.1, -0.05) is 6.07 Å². The molecule has 0 aliphatic heterocycles. The molecule has 1 aromatic carbocycles. The molecule has 0 fully saturated rings. The van der Waals surface area contributed by atoms with Crippen LogP contribution in [0.2, 0.25) is 0 Å². The van der Waals surface area contributed by atoms with Crippen molar-refractivity contribution in [3.63, 3.8) is 0 Å². The van der Waals surface area contributed by atoms with E-state index in [9.17, 15) is 0 Å². The molecule has 4 heteroatoms. The molecule has 1 rings (SSSR count). The van der Waals surface area contributed by atoms with Crippen molar-refractivity contribution < 1.29 is 25.8 Å². The molecule has 0 unspecified atom stereocenters. The smallest absolute Gasteiger partial charge is 0.488 e. The van der Waals surface area contributed by atoms with Crippen LogP contribution in [0.1, 0.15) is 23.4 Å². The summed E-state index contributed by atoms with van der Waals surface area (Å²) in [5.74, 6) is -0.423. The van der Waals surface area contributed by atoms with E-state index in [0.717, 1.165) is 18.2 Å². The van der Waals surface area contributed by atoms with E-state index in [0.29, 0.717) is 0 Å². The SMILES string of the molecule is [2H]C([2H])([2H])c1cc(OC([2H])([2H])C([2H])([2H])[2H])cc(B(O)O)c1. The molecule has 0 aliphatic rings. The second-order valence-corrected chi connectivity index (χ2v) is 2.37. The van der Waals surface area contributed by atoms with Crippen LogP contribution in [0.15, 0.2) is 18.2 Å². The Balaban J connectivity index is 3.28. The van der Waals surface area contributed by atoms with Crippen molar-refractivity contribution in [1.29, 1.82) is 0 Å². The van der Waals surface area contributed by atoms with Crippen molar-refractivity contribution >= 4 is 12.6 Å². The van der Waals surface area contributed by atoms with Crippen molar-refractivity contribution in [3.8, 4) is 5.75 Å². The van der Waals surface area contributed by atoms with Gasteiger partial charge in [-0.3, -0.25) is 0 Å². The highest BCUT2D eigenvalue weighted by molar-refractivity contribution is 6.58. The van der Waals surface area contributed by atoms with E-state index in [4.69, 9.17) is 25.8 Å². The number of aryl methyl sites for hydroxylation is 1. The minimum absolute atomic E-state index is 0.250. The van der Waals surface area contributed by atoms with Crippen LogP contribution in [-0.2, 0) is 0 Å². The van der Waals surface area contributed by atoms with Crippen molar-refractivity contribution in [1.82, 2.24) is 0 Å². The van der Waals surface area contributed by atoms with E-state index in [1.807, 2.05) is 0 Å². The van der Waals surface area contributed by atoms with Crippen LogP contribution in [-0.4, -0.2) is 23.7 Å². The molecule has 0 aromatic heterocycles. The Morgan fingerprint density at radius 3 is 3.00 bits per heavy atom. The molecule has 0 heterocycles. The Hall–Kier alpha value is -0.995. The van der Waals surface area contributed by atoms with Gasteiger partial charge in [-0.05, 0) is 36.9 Å². The van der Waals surface area contributed by atoms with Crippen LogP contribution in [0.3, 0.4) is 0 Å². The molecule has 1 aromatic rings. The number of hydrogen-bond donors (Lipinski definition) is 2. The van der Waals surface area contributed by atoms with Crippen LogP contribution in [0.25, 0.3) is 0 Å². The molecule has 3 nitrogen and oxygen atoms in total. The Labute approximate surface area is 89.4 Å². The summed E-state index contributed by atoms with van der Waals surface area (Å²) < 4.78 is 62.2. The van der Waals surface area contributed by atoms with E-state index in [1.165, 1.54) is 0 Å². The molecule has 0 atom stereocenters. The fourth-order valence-corrected chi connectivity index (χ4v) is 0.889. The lowest BCUT2D eigenvalue weighted by Crippen LogP contribution is -2.30. The number of ether oxygens (including phenoxy) is 1. The van der Waals surface area contributed by atoms with Gasteiger partial charge in [-0.25, -0.2) is 0 Å². The molecule has 13 heavy (non-hydrogen) atoms. The van der Waals surface area contributed by atoms with E-state index < -0.39 is 33.1 Å². The van der Waals surface area contributed by atoms with E-state index >= 15 is 0 Å². The minimum Gasteiger partial charge on any atom is -0.494 e. The lowest BCUT2D eigenvalue weighted by Gasteiger charge is -2.07. The summed E-state index contributed by atoms with van der Waals surface area (Å²) >= 11 is 0. The first-order valence-electron chi connectivity index (χ1n) is 7.45. The molecule has 0 saturated heterocycles. The zero-order valence-electron chi connectivity index (χ0n) is 14.6. The fraction of sp³-hybridized carbons (Fsp3) is 0.333. The van der Waals surface area contributed by atoms with Crippen molar-refractivity contribution in [3.05, 3.63) is 23.8 Å². The van der Waals surface area contributed by atoms with Gasteiger partial charge in [0.1, 0.15) is 5.75 Å². The predicted molar refractivity (Wildman–Crippen MR) is 52.2 cm³/mol. The minimum atomic E-state index is -3.10. The molecule has 0 radical (unpaired) electrons. The summed E-state index contributed by atoms with van der Waals surface area (Å²) in [5.41, 5.74) is -0.579.